The zero-order valence-corrected chi connectivity index (χ0v) is 16.2. The molecule has 1 aromatic carbocycles. The van der Waals surface area contributed by atoms with Gasteiger partial charge in [0, 0.05) is 25.8 Å². The number of carbonyl (C=O) groups is 1. The Bertz CT molecular complexity index is 997. The van der Waals surface area contributed by atoms with Gasteiger partial charge in [0.15, 0.2) is 0 Å². The Morgan fingerprint density at radius 3 is 2.66 bits per heavy atom. The van der Waals surface area contributed by atoms with Crippen molar-refractivity contribution in [3.63, 3.8) is 0 Å². The second-order valence-electron chi connectivity index (χ2n) is 7.65. The van der Waals surface area contributed by atoms with Crippen molar-refractivity contribution >= 4 is 5.91 Å². The van der Waals surface area contributed by atoms with Gasteiger partial charge in [0.2, 0.25) is 17.6 Å². The summed E-state index contributed by atoms with van der Waals surface area (Å²) < 4.78 is 5.50. The molecule has 4 heterocycles. The highest BCUT2D eigenvalue weighted by Gasteiger charge is 2.35. The molecule has 0 N–H and O–H groups in total. The van der Waals surface area contributed by atoms with Crippen molar-refractivity contribution in [2.24, 2.45) is 0 Å². The third kappa shape index (κ3) is 3.65. The van der Waals surface area contributed by atoms with Crippen LogP contribution >= 0.6 is 0 Å². The number of pyridine rings is 1. The highest BCUT2D eigenvalue weighted by Crippen LogP contribution is 2.27. The van der Waals surface area contributed by atoms with Crippen molar-refractivity contribution in [2.75, 3.05) is 13.1 Å². The highest BCUT2D eigenvalue weighted by molar-refractivity contribution is 5.82. The SMILES string of the molecule is O=C(C1Cc2ccccc2CN1Cc1nc(-c2ccccn2)no1)N1CCCC1. The number of hydrogen-bond acceptors (Lipinski definition) is 6. The third-order valence-electron chi connectivity index (χ3n) is 5.75. The Labute approximate surface area is 169 Å². The van der Waals surface area contributed by atoms with Crippen LogP contribution in [0.5, 0.6) is 0 Å². The zero-order chi connectivity index (χ0) is 19.6. The average molecular weight is 389 g/mol. The first-order chi connectivity index (χ1) is 14.3. The predicted molar refractivity (Wildman–Crippen MR) is 107 cm³/mol. The molecule has 2 aromatic heterocycles. The maximum absolute atomic E-state index is 13.2. The summed E-state index contributed by atoms with van der Waals surface area (Å²) >= 11 is 0. The zero-order valence-electron chi connectivity index (χ0n) is 16.2. The number of rotatable bonds is 4. The maximum atomic E-state index is 13.2. The third-order valence-corrected chi connectivity index (χ3v) is 5.75. The normalized spacial score (nSPS) is 19.3. The van der Waals surface area contributed by atoms with Crippen molar-refractivity contribution in [3.05, 3.63) is 65.7 Å². The minimum absolute atomic E-state index is 0.201. The molecule has 0 radical (unpaired) electrons. The van der Waals surface area contributed by atoms with Gasteiger partial charge >= 0.3 is 0 Å². The van der Waals surface area contributed by atoms with Crippen LogP contribution in [-0.4, -0.2) is 50.0 Å². The monoisotopic (exact) mass is 389 g/mol. The summed E-state index contributed by atoms with van der Waals surface area (Å²) in [4.78, 5) is 26.2. The molecular weight excluding hydrogens is 366 g/mol. The van der Waals surface area contributed by atoms with Crippen molar-refractivity contribution in [1.29, 1.82) is 0 Å². The van der Waals surface area contributed by atoms with Crippen molar-refractivity contribution in [3.8, 4) is 11.5 Å². The van der Waals surface area contributed by atoms with Gasteiger partial charge in [-0.25, -0.2) is 0 Å². The van der Waals surface area contributed by atoms with Crippen LogP contribution in [0.2, 0.25) is 0 Å². The molecular formula is C22H23N5O2. The Balaban J connectivity index is 1.40. The van der Waals surface area contributed by atoms with E-state index in [9.17, 15) is 4.79 Å². The van der Waals surface area contributed by atoms with E-state index in [1.54, 1.807) is 6.20 Å². The van der Waals surface area contributed by atoms with E-state index in [-0.39, 0.29) is 11.9 Å². The minimum Gasteiger partial charge on any atom is -0.341 e. The molecule has 0 bridgehead atoms. The molecule has 5 rings (SSSR count). The first-order valence-electron chi connectivity index (χ1n) is 10.1. The fourth-order valence-corrected chi connectivity index (χ4v) is 4.23. The van der Waals surface area contributed by atoms with Gasteiger partial charge in [-0.2, -0.15) is 4.98 Å². The van der Waals surface area contributed by atoms with Crippen LogP contribution in [0.3, 0.4) is 0 Å². The van der Waals surface area contributed by atoms with Crippen LogP contribution in [0.1, 0.15) is 29.9 Å². The minimum atomic E-state index is -0.201. The Morgan fingerprint density at radius 2 is 1.86 bits per heavy atom. The average Bonchev–Trinajstić information content (AvgIpc) is 3.46. The predicted octanol–water partition coefficient (Wildman–Crippen LogP) is 2.68. The summed E-state index contributed by atoms with van der Waals surface area (Å²) in [5.74, 6) is 1.19. The highest BCUT2D eigenvalue weighted by atomic mass is 16.5. The quantitative estimate of drug-likeness (QED) is 0.683. The molecule has 1 saturated heterocycles. The summed E-state index contributed by atoms with van der Waals surface area (Å²) in [7, 11) is 0. The summed E-state index contributed by atoms with van der Waals surface area (Å²) in [6.45, 7) is 2.85. The number of aromatic nitrogens is 3. The molecule has 1 fully saturated rings. The molecule has 1 atom stereocenters. The number of hydrogen-bond donors (Lipinski definition) is 0. The lowest BCUT2D eigenvalue weighted by Gasteiger charge is -2.37. The molecule has 0 spiro atoms. The molecule has 7 heteroatoms. The fourth-order valence-electron chi connectivity index (χ4n) is 4.23. The summed E-state index contributed by atoms with van der Waals surface area (Å²) in [6.07, 6.45) is 4.60. The summed E-state index contributed by atoms with van der Waals surface area (Å²) in [5, 5.41) is 4.07. The van der Waals surface area contributed by atoms with E-state index >= 15 is 0 Å². The van der Waals surface area contributed by atoms with Crippen LogP contribution in [0.15, 0.2) is 53.2 Å². The number of amides is 1. The van der Waals surface area contributed by atoms with E-state index in [1.165, 1.54) is 11.1 Å². The smallest absolute Gasteiger partial charge is 0.241 e. The van der Waals surface area contributed by atoms with Gasteiger partial charge < -0.3 is 9.42 Å². The van der Waals surface area contributed by atoms with E-state index in [0.717, 1.165) is 25.9 Å². The molecule has 1 amide bonds. The lowest BCUT2D eigenvalue weighted by molar-refractivity contribution is -0.137. The maximum Gasteiger partial charge on any atom is 0.241 e. The molecule has 2 aliphatic heterocycles. The molecule has 7 nitrogen and oxygen atoms in total. The van der Waals surface area contributed by atoms with Crippen LogP contribution in [0.4, 0.5) is 0 Å². The van der Waals surface area contributed by atoms with E-state index < -0.39 is 0 Å². The van der Waals surface area contributed by atoms with Gasteiger partial charge in [0.1, 0.15) is 5.69 Å². The van der Waals surface area contributed by atoms with Crippen molar-refractivity contribution in [2.45, 2.75) is 38.4 Å². The fraction of sp³-hybridized carbons (Fsp3) is 0.364. The van der Waals surface area contributed by atoms with Gasteiger partial charge in [0.25, 0.3) is 0 Å². The second kappa shape index (κ2) is 7.75. The molecule has 1 unspecified atom stereocenters. The molecule has 0 saturated carbocycles. The largest absolute Gasteiger partial charge is 0.341 e. The van der Waals surface area contributed by atoms with Gasteiger partial charge in [-0.1, -0.05) is 35.5 Å². The number of nitrogens with zero attached hydrogens (tertiary/aromatic N) is 5. The van der Waals surface area contributed by atoms with E-state index in [0.29, 0.717) is 36.9 Å². The molecule has 2 aliphatic rings. The Kier molecular flexibility index (Phi) is 4.81. The number of benzene rings is 1. The van der Waals surface area contributed by atoms with Gasteiger partial charge in [0.05, 0.1) is 12.6 Å². The Morgan fingerprint density at radius 1 is 1.07 bits per heavy atom. The molecule has 3 aromatic rings. The molecule has 148 valence electrons. The van der Waals surface area contributed by atoms with Gasteiger partial charge in [-0.3, -0.25) is 14.7 Å². The van der Waals surface area contributed by atoms with Gasteiger partial charge in [-0.15, -0.1) is 0 Å². The number of fused-ring (bicyclic) bond motifs is 1. The van der Waals surface area contributed by atoms with E-state index in [1.807, 2.05) is 35.2 Å². The van der Waals surface area contributed by atoms with E-state index in [4.69, 9.17) is 4.52 Å². The topological polar surface area (TPSA) is 75.4 Å². The first-order valence-corrected chi connectivity index (χ1v) is 10.1. The van der Waals surface area contributed by atoms with Gasteiger partial charge in [-0.05, 0) is 42.5 Å². The van der Waals surface area contributed by atoms with Crippen molar-refractivity contribution in [1.82, 2.24) is 24.9 Å². The molecule has 29 heavy (non-hydrogen) atoms. The lowest BCUT2D eigenvalue weighted by atomic mass is 9.93. The van der Waals surface area contributed by atoms with E-state index in [2.05, 4.69) is 32.2 Å². The number of carbonyl (C=O) groups excluding carboxylic acids is 1. The Hall–Kier alpha value is -3.06. The number of likely N-dealkylation sites (tertiary alicyclic amines) is 1. The first kappa shape index (κ1) is 18.0. The lowest BCUT2D eigenvalue weighted by Crippen LogP contribution is -2.50. The van der Waals surface area contributed by atoms with Crippen LogP contribution < -0.4 is 0 Å². The standard InChI is InChI=1S/C22H23N5O2/c28-22(26-11-5-6-12-26)19-13-16-7-1-2-8-17(16)14-27(19)15-20-24-21(25-29-20)18-9-3-4-10-23-18/h1-4,7-10,19H,5-6,11-15H2. The summed E-state index contributed by atoms with van der Waals surface area (Å²) in [6, 6.07) is 13.7. The summed E-state index contributed by atoms with van der Waals surface area (Å²) in [5.41, 5.74) is 3.18. The van der Waals surface area contributed by atoms with Crippen molar-refractivity contribution < 1.29 is 9.32 Å². The van der Waals surface area contributed by atoms with Crippen LogP contribution in [0.25, 0.3) is 11.5 Å². The molecule has 0 aliphatic carbocycles. The van der Waals surface area contributed by atoms with Crippen LogP contribution in [0, 0.1) is 0 Å². The second-order valence-corrected chi connectivity index (χ2v) is 7.65. The van der Waals surface area contributed by atoms with Crippen LogP contribution in [-0.2, 0) is 24.3 Å².